The van der Waals surface area contributed by atoms with Gasteiger partial charge in [0, 0.05) is 36.1 Å². The van der Waals surface area contributed by atoms with Crippen LogP contribution in [0, 0.1) is 0 Å². The van der Waals surface area contributed by atoms with Crippen molar-refractivity contribution in [1.29, 1.82) is 0 Å². The van der Waals surface area contributed by atoms with E-state index in [-0.39, 0.29) is 11.8 Å². The predicted molar refractivity (Wildman–Crippen MR) is 120 cm³/mol. The number of carbonyl (C=O) groups is 2. The second kappa shape index (κ2) is 8.58. The number of fused-ring (bicyclic) bond motifs is 2. The molecule has 0 unspecified atom stereocenters. The molecule has 5 rings (SSSR count). The third kappa shape index (κ3) is 4.22. The monoisotopic (exact) mass is 416 g/mol. The van der Waals surface area contributed by atoms with Gasteiger partial charge in [0.1, 0.15) is 5.58 Å². The second-order valence-electron chi connectivity index (χ2n) is 8.73. The van der Waals surface area contributed by atoms with Crippen molar-refractivity contribution in [3.05, 3.63) is 70.5 Å². The molecule has 31 heavy (non-hydrogen) atoms. The average molecular weight is 417 g/mol. The molecule has 1 aliphatic carbocycles. The van der Waals surface area contributed by atoms with Gasteiger partial charge in [0.25, 0.3) is 5.91 Å². The quantitative estimate of drug-likeness (QED) is 0.670. The summed E-state index contributed by atoms with van der Waals surface area (Å²) < 4.78 is 5.71. The summed E-state index contributed by atoms with van der Waals surface area (Å²) in [5.41, 5.74) is 6.27. The van der Waals surface area contributed by atoms with E-state index < -0.39 is 0 Å². The highest BCUT2D eigenvalue weighted by Crippen LogP contribution is 2.30. The number of aryl methyl sites for hydroxylation is 2. The maximum absolute atomic E-state index is 12.6. The van der Waals surface area contributed by atoms with Gasteiger partial charge in [-0.2, -0.15) is 0 Å². The minimum absolute atomic E-state index is 0.0309. The third-order valence-electron chi connectivity index (χ3n) is 6.55. The van der Waals surface area contributed by atoms with Gasteiger partial charge in [-0.1, -0.05) is 12.1 Å². The number of hydrogen-bond donors (Lipinski definition) is 1. The summed E-state index contributed by atoms with van der Waals surface area (Å²) in [5.74, 6) is 0.0743. The Morgan fingerprint density at radius 3 is 2.45 bits per heavy atom. The molecule has 5 nitrogen and oxygen atoms in total. The number of carbonyl (C=O) groups excluding carboxylic acids is 2. The van der Waals surface area contributed by atoms with Crippen molar-refractivity contribution in [3.8, 4) is 0 Å². The van der Waals surface area contributed by atoms with E-state index in [1.165, 1.54) is 24.0 Å². The topological polar surface area (TPSA) is 62.6 Å². The molecule has 0 radical (unpaired) electrons. The molecule has 0 bridgehead atoms. The van der Waals surface area contributed by atoms with Crippen LogP contribution in [-0.2, 0) is 30.6 Å². The zero-order chi connectivity index (χ0) is 21.2. The molecule has 5 heteroatoms. The molecule has 1 aromatic heterocycles. The van der Waals surface area contributed by atoms with Gasteiger partial charge >= 0.3 is 0 Å². The summed E-state index contributed by atoms with van der Waals surface area (Å²) in [6.07, 6.45) is 8.81. The van der Waals surface area contributed by atoms with Gasteiger partial charge < -0.3 is 14.6 Å². The van der Waals surface area contributed by atoms with Crippen molar-refractivity contribution in [1.82, 2.24) is 10.2 Å². The van der Waals surface area contributed by atoms with Crippen LogP contribution >= 0.6 is 0 Å². The molecular weight excluding hydrogens is 388 g/mol. The number of hydrogen-bond acceptors (Lipinski definition) is 3. The summed E-state index contributed by atoms with van der Waals surface area (Å²) >= 11 is 0. The maximum Gasteiger partial charge on any atom is 0.253 e. The van der Waals surface area contributed by atoms with E-state index in [1.54, 1.807) is 6.26 Å². The van der Waals surface area contributed by atoms with Crippen LogP contribution in [0.3, 0.4) is 0 Å². The molecule has 2 aliphatic rings. The molecule has 3 aromatic rings. The minimum Gasteiger partial charge on any atom is -0.464 e. The lowest BCUT2D eigenvalue weighted by atomic mass is 10.0. The second-order valence-corrected chi connectivity index (χ2v) is 8.73. The van der Waals surface area contributed by atoms with Crippen LogP contribution in [0.4, 0.5) is 0 Å². The van der Waals surface area contributed by atoms with Crippen LogP contribution in [0.5, 0.6) is 0 Å². The zero-order valence-corrected chi connectivity index (χ0v) is 17.8. The Kier molecular flexibility index (Phi) is 5.49. The SMILES string of the molecule is O=C(Cc1coc2cc3c(cc12)CCC3)NCc1ccc(C(=O)N2CCCCC2)cc1. The van der Waals surface area contributed by atoms with Gasteiger partial charge in [-0.05, 0) is 79.5 Å². The Morgan fingerprint density at radius 1 is 0.935 bits per heavy atom. The van der Waals surface area contributed by atoms with Crippen LogP contribution < -0.4 is 5.32 Å². The van der Waals surface area contributed by atoms with Gasteiger partial charge in [0.05, 0.1) is 12.7 Å². The standard InChI is InChI=1S/C26H28N2O3/c29-25(15-22-17-31-24-14-21-6-4-5-20(21)13-23(22)24)27-16-18-7-9-19(10-8-18)26(30)28-11-2-1-3-12-28/h7-10,13-14,17H,1-6,11-12,15-16H2,(H,27,29). The van der Waals surface area contributed by atoms with E-state index >= 15 is 0 Å². The molecule has 0 atom stereocenters. The summed E-state index contributed by atoms with van der Waals surface area (Å²) in [4.78, 5) is 27.0. The number of benzene rings is 2. The number of likely N-dealkylation sites (tertiary alicyclic amines) is 1. The summed E-state index contributed by atoms with van der Waals surface area (Å²) in [5, 5.41) is 4.04. The Balaban J connectivity index is 1.18. The van der Waals surface area contributed by atoms with Crippen LogP contribution in [0.1, 0.15) is 58.3 Å². The summed E-state index contributed by atoms with van der Waals surface area (Å²) in [7, 11) is 0. The Hall–Kier alpha value is -3.08. The van der Waals surface area contributed by atoms with Crippen LogP contribution in [0.25, 0.3) is 11.0 Å². The zero-order valence-electron chi connectivity index (χ0n) is 17.8. The molecule has 1 saturated heterocycles. The average Bonchev–Trinajstić information content (AvgIpc) is 3.43. The van der Waals surface area contributed by atoms with Crippen molar-refractivity contribution < 1.29 is 14.0 Å². The number of rotatable bonds is 5. The number of amides is 2. The lowest BCUT2D eigenvalue weighted by Crippen LogP contribution is -2.35. The fourth-order valence-electron chi connectivity index (χ4n) is 4.77. The summed E-state index contributed by atoms with van der Waals surface area (Å²) in [6, 6.07) is 11.9. The van der Waals surface area contributed by atoms with Crippen molar-refractivity contribution in [2.75, 3.05) is 13.1 Å². The van der Waals surface area contributed by atoms with Crippen molar-refractivity contribution in [2.45, 2.75) is 51.5 Å². The molecule has 1 fully saturated rings. The number of nitrogens with one attached hydrogen (secondary N) is 1. The fraction of sp³-hybridized carbons (Fsp3) is 0.385. The van der Waals surface area contributed by atoms with Gasteiger partial charge in [-0.25, -0.2) is 0 Å². The highest BCUT2D eigenvalue weighted by atomic mass is 16.3. The maximum atomic E-state index is 12.6. The largest absolute Gasteiger partial charge is 0.464 e. The molecule has 2 amide bonds. The molecule has 0 spiro atoms. The number of furan rings is 1. The van der Waals surface area contributed by atoms with E-state index in [1.807, 2.05) is 29.2 Å². The molecular formula is C26H28N2O3. The summed E-state index contributed by atoms with van der Waals surface area (Å²) in [6.45, 7) is 2.15. The third-order valence-corrected chi connectivity index (χ3v) is 6.55. The molecule has 2 heterocycles. The predicted octanol–water partition coefficient (Wildman–Crippen LogP) is 4.41. The van der Waals surface area contributed by atoms with Crippen molar-refractivity contribution >= 4 is 22.8 Å². The van der Waals surface area contributed by atoms with Crippen molar-refractivity contribution in [2.24, 2.45) is 0 Å². The first-order valence-electron chi connectivity index (χ1n) is 11.3. The first-order chi connectivity index (χ1) is 15.2. The van der Waals surface area contributed by atoms with E-state index in [0.717, 1.165) is 66.4 Å². The molecule has 1 N–H and O–H groups in total. The molecule has 2 aromatic carbocycles. The van der Waals surface area contributed by atoms with E-state index in [0.29, 0.717) is 13.0 Å². The fourth-order valence-corrected chi connectivity index (χ4v) is 4.77. The van der Waals surface area contributed by atoms with Crippen molar-refractivity contribution in [3.63, 3.8) is 0 Å². The highest BCUT2D eigenvalue weighted by molar-refractivity contribution is 5.94. The normalized spacial score (nSPS) is 15.8. The lowest BCUT2D eigenvalue weighted by molar-refractivity contribution is -0.120. The van der Waals surface area contributed by atoms with Gasteiger partial charge in [-0.3, -0.25) is 9.59 Å². The molecule has 0 saturated carbocycles. The van der Waals surface area contributed by atoms with E-state index in [4.69, 9.17) is 4.42 Å². The Bertz CT molecular complexity index is 1110. The van der Waals surface area contributed by atoms with E-state index in [9.17, 15) is 9.59 Å². The molecule has 160 valence electrons. The number of nitrogens with zero attached hydrogens (tertiary/aromatic N) is 1. The van der Waals surface area contributed by atoms with Gasteiger partial charge in [0.2, 0.25) is 5.91 Å². The van der Waals surface area contributed by atoms with E-state index in [2.05, 4.69) is 17.4 Å². The first kappa shape index (κ1) is 19.9. The van der Waals surface area contributed by atoms with Gasteiger partial charge in [-0.15, -0.1) is 0 Å². The first-order valence-corrected chi connectivity index (χ1v) is 11.3. The van der Waals surface area contributed by atoms with Crippen LogP contribution in [-0.4, -0.2) is 29.8 Å². The Morgan fingerprint density at radius 2 is 1.68 bits per heavy atom. The minimum atomic E-state index is -0.0309. The van der Waals surface area contributed by atoms with Gasteiger partial charge in [0.15, 0.2) is 0 Å². The lowest BCUT2D eigenvalue weighted by Gasteiger charge is -2.26. The smallest absolute Gasteiger partial charge is 0.253 e. The molecule has 1 aliphatic heterocycles. The van der Waals surface area contributed by atoms with Crippen LogP contribution in [0.15, 0.2) is 47.1 Å². The van der Waals surface area contributed by atoms with Crippen LogP contribution in [0.2, 0.25) is 0 Å². The Labute approximate surface area is 182 Å². The number of piperidine rings is 1. The highest BCUT2D eigenvalue weighted by Gasteiger charge is 2.18.